The largest absolute Gasteiger partial charge is 0.392 e. The van der Waals surface area contributed by atoms with Crippen molar-refractivity contribution >= 4 is 11.6 Å². The van der Waals surface area contributed by atoms with Crippen molar-refractivity contribution in [1.82, 2.24) is 0 Å². The zero-order valence-corrected chi connectivity index (χ0v) is 26.0. The lowest BCUT2D eigenvalue weighted by Gasteiger charge is -2.23. The molecule has 226 valence electrons. The summed E-state index contributed by atoms with van der Waals surface area (Å²) in [6.45, 7) is 12.0. The molecule has 3 unspecified atom stereocenters. The van der Waals surface area contributed by atoms with Gasteiger partial charge in [0.1, 0.15) is 6.61 Å². The standard InChI is InChI=1S/C37H49NO4/c1-25(2)35-36(3,4)37(35,5)33(40)17-16-30-31-21-27(20-28(31)22-32(30)39)18-19-42-24-34(41)38(29-14-10-7-11-15-29)23-26-12-8-6-9-13-26/h6-17,27-28,30-33,39-40H,18-24H2,1-5H3/t27?,28-,30-,31+,32-,33?,37?/m0/s1. The van der Waals surface area contributed by atoms with Crippen molar-refractivity contribution in [2.75, 3.05) is 18.1 Å². The Balaban J connectivity index is 1.12. The second kappa shape index (κ2) is 12.5. The molecule has 3 fully saturated rings. The molecule has 42 heavy (non-hydrogen) atoms. The van der Waals surface area contributed by atoms with Crippen LogP contribution in [0.4, 0.5) is 5.69 Å². The van der Waals surface area contributed by atoms with Crippen LogP contribution in [0.25, 0.3) is 0 Å². The van der Waals surface area contributed by atoms with Gasteiger partial charge in [0.25, 0.3) is 5.91 Å². The minimum absolute atomic E-state index is 0.00801. The van der Waals surface area contributed by atoms with E-state index in [1.165, 1.54) is 11.1 Å². The average molecular weight is 572 g/mol. The van der Waals surface area contributed by atoms with Crippen LogP contribution in [0.3, 0.4) is 0 Å². The number of hydrogen-bond donors (Lipinski definition) is 2. The van der Waals surface area contributed by atoms with Crippen LogP contribution >= 0.6 is 0 Å². The number of aliphatic hydroxyl groups excluding tert-OH is 2. The fourth-order valence-corrected chi connectivity index (χ4v) is 8.42. The van der Waals surface area contributed by atoms with Crippen molar-refractivity contribution in [2.24, 2.45) is 34.5 Å². The van der Waals surface area contributed by atoms with Crippen molar-refractivity contribution in [3.8, 4) is 0 Å². The first-order chi connectivity index (χ1) is 20.0. The topological polar surface area (TPSA) is 70.0 Å². The molecule has 5 heteroatoms. The average Bonchev–Trinajstić information content (AvgIpc) is 3.20. The van der Waals surface area contributed by atoms with Crippen LogP contribution in [0.15, 0.2) is 84.0 Å². The van der Waals surface area contributed by atoms with Gasteiger partial charge in [0.2, 0.25) is 0 Å². The zero-order valence-electron chi connectivity index (χ0n) is 26.0. The van der Waals surface area contributed by atoms with Gasteiger partial charge in [-0.15, -0.1) is 0 Å². The van der Waals surface area contributed by atoms with Crippen LogP contribution < -0.4 is 4.90 Å². The number of amides is 1. The molecule has 0 saturated heterocycles. The first kappa shape index (κ1) is 30.7. The van der Waals surface area contributed by atoms with E-state index >= 15 is 0 Å². The Bertz CT molecular complexity index is 1280. The maximum atomic E-state index is 13.2. The Kier molecular flexibility index (Phi) is 9.13. The lowest BCUT2D eigenvalue weighted by molar-refractivity contribution is -0.123. The predicted molar refractivity (Wildman–Crippen MR) is 169 cm³/mol. The maximum absolute atomic E-state index is 13.2. The fraction of sp³-hybridized carbons (Fsp3) is 0.541. The van der Waals surface area contributed by atoms with Gasteiger partial charge in [0.05, 0.1) is 18.8 Å². The smallest absolute Gasteiger partial charge is 0.253 e. The van der Waals surface area contributed by atoms with Gasteiger partial charge in [-0.25, -0.2) is 0 Å². The van der Waals surface area contributed by atoms with Crippen molar-refractivity contribution in [2.45, 2.75) is 79.1 Å². The lowest BCUT2D eigenvalue weighted by atomic mass is 9.87. The van der Waals surface area contributed by atoms with Gasteiger partial charge >= 0.3 is 0 Å². The molecule has 0 bridgehead atoms. The zero-order chi connectivity index (χ0) is 30.1. The summed E-state index contributed by atoms with van der Waals surface area (Å²) in [4.78, 5) is 15.0. The van der Waals surface area contributed by atoms with Crippen molar-refractivity contribution in [1.29, 1.82) is 0 Å². The molecule has 7 atom stereocenters. The number of carbonyl (C=O) groups is 1. The van der Waals surface area contributed by atoms with Crippen molar-refractivity contribution in [3.63, 3.8) is 0 Å². The molecule has 3 aliphatic carbocycles. The first-order valence-electron chi connectivity index (χ1n) is 15.7. The summed E-state index contributed by atoms with van der Waals surface area (Å²) in [5, 5.41) is 22.0. The lowest BCUT2D eigenvalue weighted by Crippen LogP contribution is -2.33. The summed E-state index contributed by atoms with van der Waals surface area (Å²) in [5.41, 5.74) is 4.35. The summed E-state index contributed by atoms with van der Waals surface area (Å²) in [7, 11) is 0. The van der Waals surface area contributed by atoms with E-state index in [0.717, 1.165) is 36.9 Å². The molecule has 2 N–H and O–H groups in total. The summed E-state index contributed by atoms with van der Waals surface area (Å²) in [6.07, 6.45) is 7.11. The van der Waals surface area contributed by atoms with Gasteiger partial charge < -0.3 is 19.8 Å². The third-order valence-electron chi connectivity index (χ3n) is 10.8. The van der Waals surface area contributed by atoms with Gasteiger partial charge in [-0.3, -0.25) is 4.79 Å². The molecule has 0 aliphatic heterocycles. The van der Waals surface area contributed by atoms with Crippen LogP contribution in [0, 0.1) is 34.5 Å². The summed E-state index contributed by atoms with van der Waals surface area (Å²) in [6, 6.07) is 19.8. The number of anilines is 1. The highest BCUT2D eigenvalue weighted by atomic mass is 16.5. The van der Waals surface area contributed by atoms with E-state index in [1.54, 1.807) is 4.90 Å². The van der Waals surface area contributed by atoms with Gasteiger partial charge in [-0.05, 0) is 80.4 Å². The van der Waals surface area contributed by atoms with Crippen LogP contribution in [-0.2, 0) is 16.1 Å². The molecular formula is C37H49NO4. The SMILES string of the molecule is CC(C)=C1C(C)(C)C1(C)C(O)C=C[C@H]1[C@@H]2CC(CCOCC(=O)N(Cc3ccccc3)c3ccccc3)C[C@H]2C[C@@H]1O. The highest BCUT2D eigenvalue weighted by Gasteiger charge is 2.66. The van der Waals surface area contributed by atoms with Crippen LogP contribution in [0.2, 0.25) is 0 Å². The third-order valence-corrected chi connectivity index (χ3v) is 10.8. The normalized spacial score (nSPS) is 30.4. The highest BCUT2D eigenvalue weighted by molar-refractivity contribution is 5.94. The number of hydrogen-bond acceptors (Lipinski definition) is 4. The minimum Gasteiger partial charge on any atom is -0.392 e. The highest BCUT2D eigenvalue weighted by Crippen LogP contribution is 2.71. The quantitative estimate of drug-likeness (QED) is 0.226. The molecule has 0 heterocycles. The van der Waals surface area contributed by atoms with Gasteiger partial charge in [0.15, 0.2) is 0 Å². The third kappa shape index (κ3) is 6.02. The van der Waals surface area contributed by atoms with Gasteiger partial charge in [-0.2, -0.15) is 0 Å². The van der Waals surface area contributed by atoms with Crippen LogP contribution in [0.5, 0.6) is 0 Å². The second-order valence-electron chi connectivity index (χ2n) is 13.8. The van der Waals surface area contributed by atoms with E-state index in [1.807, 2.05) is 66.7 Å². The number of rotatable bonds is 11. The molecular weight excluding hydrogens is 522 g/mol. The first-order valence-corrected chi connectivity index (χ1v) is 15.7. The number of para-hydroxylation sites is 1. The van der Waals surface area contributed by atoms with E-state index in [9.17, 15) is 15.0 Å². The van der Waals surface area contributed by atoms with Crippen molar-refractivity contribution < 1.29 is 19.7 Å². The molecule has 2 aromatic carbocycles. The Morgan fingerprint density at radius 3 is 2.33 bits per heavy atom. The number of carbonyl (C=O) groups excluding carboxylic acids is 1. The minimum atomic E-state index is -0.552. The Morgan fingerprint density at radius 2 is 1.69 bits per heavy atom. The monoisotopic (exact) mass is 571 g/mol. The summed E-state index contributed by atoms with van der Waals surface area (Å²) in [5.74, 6) is 1.55. The van der Waals surface area contributed by atoms with E-state index in [-0.39, 0.29) is 35.4 Å². The Morgan fingerprint density at radius 1 is 1.02 bits per heavy atom. The van der Waals surface area contributed by atoms with Crippen molar-refractivity contribution in [3.05, 3.63) is 89.5 Å². The van der Waals surface area contributed by atoms with Gasteiger partial charge in [0, 0.05) is 23.6 Å². The number of ether oxygens (including phenoxy) is 1. The predicted octanol–water partition coefficient (Wildman–Crippen LogP) is 6.95. The number of benzene rings is 2. The number of allylic oxidation sites excluding steroid dienone is 1. The second-order valence-corrected chi connectivity index (χ2v) is 13.8. The summed E-state index contributed by atoms with van der Waals surface area (Å²) < 4.78 is 5.95. The molecule has 5 rings (SSSR count). The molecule has 2 aromatic rings. The maximum Gasteiger partial charge on any atom is 0.253 e. The number of nitrogens with zero attached hydrogens (tertiary/aromatic N) is 1. The van der Waals surface area contributed by atoms with E-state index in [2.05, 4.69) is 40.7 Å². The molecule has 0 spiro atoms. The number of aliphatic hydroxyl groups is 2. The van der Waals surface area contributed by atoms with Crippen LogP contribution in [0.1, 0.15) is 65.9 Å². The Hall–Kier alpha value is -2.73. The Labute approximate surface area is 252 Å². The summed E-state index contributed by atoms with van der Waals surface area (Å²) >= 11 is 0. The van der Waals surface area contributed by atoms with E-state index < -0.39 is 6.10 Å². The van der Waals surface area contributed by atoms with E-state index in [4.69, 9.17) is 4.74 Å². The van der Waals surface area contributed by atoms with E-state index in [0.29, 0.717) is 30.9 Å². The molecule has 3 aliphatic rings. The fourth-order valence-electron chi connectivity index (χ4n) is 8.42. The molecule has 1 amide bonds. The molecule has 5 nitrogen and oxygen atoms in total. The number of fused-ring (bicyclic) bond motifs is 1. The van der Waals surface area contributed by atoms with Gasteiger partial charge in [-0.1, -0.05) is 92.6 Å². The van der Waals surface area contributed by atoms with Crippen LogP contribution in [-0.4, -0.2) is 41.5 Å². The molecule has 0 radical (unpaired) electrons. The molecule has 3 saturated carbocycles. The molecule has 0 aromatic heterocycles.